The van der Waals surface area contributed by atoms with Crippen LogP contribution < -0.4 is 0 Å². The van der Waals surface area contributed by atoms with Crippen molar-refractivity contribution < 1.29 is 14.6 Å². The molecule has 0 aliphatic heterocycles. The molecule has 0 saturated heterocycles. The van der Waals surface area contributed by atoms with Gasteiger partial charge >= 0.3 is 43.6 Å². The Bertz CT molecular complexity index is 40.7. The predicted octanol–water partition coefficient (Wildman–Crippen LogP) is 1.15. The summed E-state index contributed by atoms with van der Waals surface area (Å²) in [4.78, 5) is 0. The van der Waals surface area contributed by atoms with E-state index in [0.29, 0.717) is 0 Å². The molecule has 0 N–H and O–H groups in total. The van der Waals surface area contributed by atoms with E-state index in [1.165, 1.54) is 8.11 Å². The second kappa shape index (κ2) is 1.21. The molecule has 0 rings (SSSR count). The molecule has 6 heavy (non-hydrogen) atoms. The molecule has 0 radical (unpaired) electrons. The van der Waals surface area contributed by atoms with Gasteiger partial charge in [-0.1, -0.05) is 0 Å². The van der Waals surface area contributed by atoms with Crippen molar-refractivity contribution in [3.63, 3.8) is 0 Å². The van der Waals surface area contributed by atoms with Gasteiger partial charge in [-0.05, 0) is 0 Å². The van der Waals surface area contributed by atoms with Crippen LogP contribution in [0.1, 0.15) is 0 Å². The van der Waals surface area contributed by atoms with Crippen LogP contribution in [0.5, 0.6) is 0 Å². The molecule has 0 atom stereocenters. The van der Waals surface area contributed by atoms with Crippen LogP contribution in [0.15, 0.2) is 0 Å². The SMILES string of the molecule is [CH3][Ti]([CH3])([CH3])([CH3])[SiH3]. The van der Waals surface area contributed by atoms with E-state index in [1.54, 1.807) is 0 Å². The first-order chi connectivity index (χ1) is 2.24. The molecular formula is C4H15SiTi. The van der Waals surface area contributed by atoms with Crippen LogP contribution >= 0.6 is 0 Å². The van der Waals surface area contributed by atoms with Crippen molar-refractivity contribution in [1.82, 2.24) is 0 Å². The minimum absolute atomic E-state index is 1.46. The van der Waals surface area contributed by atoms with Crippen molar-refractivity contribution >= 4 is 8.11 Å². The summed E-state index contributed by atoms with van der Waals surface area (Å²) in [5, 5.41) is 9.85. The molecule has 0 aliphatic carbocycles. The first-order valence-electron chi connectivity index (χ1n) is 2.50. The summed E-state index contributed by atoms with van der Waals surface area (Å²) < 4.78 is 0. The Balaban J connectivity index is 3.73. The average molecular weight is 139 g/mol. The van der Waals surface area contributed by atoms with Crippen LogP contribution in [0, 0.1) is 0 Å². The van der Waals surface area contributed by atoms with Crippen molar-refractivity contribution in [2.24, 2.45) is 0 Å². The zero-order valence-electron chi connectivity index (χ0n) is 5.50. The quantitative estimate of drug-likeness (QED) is 0.441. The fourth-order valence-electron chi connectivity index (χ4n) is 0. The molecule has 0 nitrogen and oxygen atoms in total. The van der Waals surface area contributed by atoms with Crippen LogP contribution in [0.25, 0.3) is 0 Å². The van der Waals surface area contributed by atoms with E-state index in [0.717, 1.165) is 0 Å². The molecule has 0 aromatic rings. The van der Waals surface area contributed by atoms with Gasteiger partial charge in [0.2, 0.25) is 0 Å². The maximum absolute atomic E-state index is 2.46. The Morgan fingerprint density at radius 2 is 1.00 bits per heavy atom. The summed E-state index contributed by atoms with van der Waals surface area (Å²) >= 11 is -1.46. The Morgan fingerprint density at radius 1 is 1.00 bits per heavy atom. The van der Waals surface area contributed by atoms with E-state index in [9.17, 15) is 0 Å². The first kappa shape index (κ1) is 6.93. The van der Waals surface area contributed by atoms with Crippen molar-refractivity contribution in [2.75, 3.05) is 0 Å². The van der Waals surface area contributed by atoms with Gasteiger partial charge in [0.25, 0.3) is 0 Å². The Kier molecular flexibility index (Phi) is 1.39. The number of hydrogen-bond acceptors (Lipinski definition) is 0. The summed E-state index contributed by atoms with van der Waals surface area (Å²) in [5.74, 6) is 0. The van der Waals surface area contributed by atoms with Gasteiger partial charge in [0.1, 0.15) is 0 Å². The third-order valence-electron chi connectivity index (χ3n) is 0. The zero-order valence-corrected chi connectivity index (χ0v) is 9.06. The van der Waals surface area contributed by atoms with E-state index >= 15 is 0 Å². The second-order valence-corrected chi connectivity index (χ2v) is 37.1. The van der Waals surface area contributed by atoms with E-state index in [2.05, 4.69) is 20.9 Å². The van der Waals surface area contributed by atoms with E-state index < -0.39 is 14.6 Å². The van der Waals surface area contributed by atoms with Crippen LogP contribution in [-0.2, 0) is 14.6 Å². The fraction of sp³-hybridized carbons (Fsp3) is 1.00. The second-order valence-electron chi connectivity index (χ2n) is 5.00. The maximum atomic E-state index is 2.46. The molecule has 0 spiro atoms. The summed E-state index contributed by atoms with van der Waals surface area (Å²) in [6.07, 6.45) is 0. The van der Waals surface area contributed by atoms with E-state index in [4.69, 9.17) is 0 Å². The summed E-state index contributed by atoms with van der Waals surface area (Å²) in [6.45, 7) is 0. The average Bonchev–Trinajstić information content (AvgIpc) is 0.650. The number of hydrogen-bond donors (Lipinski definition) is 0. The van der Waals surface area contributed by atoms with Gasteiger partial charge in [0.15, 0.2) is 0 Å². The molecular weight excluding hydrogens is 124 g/mol. The van der Waals surface area contributed by atoms with Gasteiger partial charge in [-0.15, -0.1) is 0 Å². The Hall–Kier alpha value is 0.931. The van der Waals surface area contributed by atoms with Gasteiger partial charge in [-0.2, -0.15) is 0 Å². The normalized spacial score (nSPS) is 19.7. The van der Waals surface area contributed by atoms with E-state index in [-0.39, 0.29) is 0 Å². The van der Waals surface area contributed by atoms with Gasteiger partial charge in [-0.3, -0.25) is 0 Å². The van der Waals surface area contributed by atoms with E-state index in [1.807, 2.05) is 0 Å². The third kappa shape index (κ3) is 87.9. The fourth-order valence-corrected chi connectivity index (χ4v) is 0. The van der Waals surface area contributed by atoms with Gasteiger partial charge in [0.05, 0.1) is 0 Å². The Labute approximate surface area is 43.8 Å². The summed E-state index contributed by atoms with van der Waals surface area (Å²) in [7, 11) is 1.46. The molecule has 0 aromatic carbocycles. The molecule has 0 aliphatic rings. The molecule has 0 amide bonds. The molecule has 0 unspecified atom stereocenters. The monoisotopic (exact) mass is 139 g/mol. The summed E-state index contributed by atoms with van der Waals surface area (Å²) in [5.41, 5.74) is 0. The molecule has 2 heteroatoms. The molecule has 0 bridgehead atoms. The molecule has 0 saturated carbocycles. The topological polar surface area (TPSA) is 0 Å². The standard InChI is InChI=1S/4CH3.H3Si.Ti/h5*1H3;. The van der Waals surface area contributed by atoms with Crippen molar-refractivity contribution in [1.29, 1.82) is 0 Å². The van der Waals surface area contributed by atoms with Crippen molar-refractivity contribution in [2.45, 2.75) is 20.9 Å². The molecule has 39 valence electrons. The zero-order chi connectivity index (χ0) is 5.45. The summed E-state index contributed by atoms with van der Waals surface area (Å²) in [6, 6.07) is 0. The molecule has 0 aromatic heterocycles. The minimum atomic E-state index is -1.46. The third-order valence-corrected chi connectivity index (χ3v) is 0. The van der Waals surface area contributed by atoms with Crippen molar-refractivity contribution in [3.8, 4) is 0 Å². The first-order valence-corrected chi connectivity index (χ1v) is 14.4. The van der Waals surface area contributed by atoms with Gasteiger partial charge in [0, 0.05) is 0 Å². The van der Waals surface area contributed by atoms with Crippen LogP contribution in [0.4, 0.5) is 0 Å². The van der Waals surface area contributed by atoms with Crippen LogP contribution in [0.3, 0.4) is 0 Å². The van der Waals surface area contributed by atoms with Crippen molar-refractivity contribution in [3.05, 3.63) is 0 Å². The number of rotatable bonds is 0. The van der Waals surface area contributed by atoms with Gasteiger partial charge < -0.3 is 0 Å². The van der Waals surface area contributed by atoms with Gasteiger partial charge in [-0.25, -0.2) is 0 Å². The van der Waals surface area contributed by atoms with Crippen LogP contribution in [0.2, 0.25) is 20.9 Å². The van der Waals surface area contributed by atoms with Crippen LogP contribution in [-0.4, -0.2) is 8.11 Å². The molecule has 0 fully saturated rings. The predicted molar refractivity (Wildman–Crippen MR) is 33.4 cm³/mol. The molecule has 0 heterocycles. The Morgan fingerprint density at radius 3 is 1.00 bits per heavy atom.